The van der Waals surface area contributed by atoms with Crippen molar-refractivity contribution in [2.75, 3.05) is 11.6 Å². The van der Waals surface area contributed by atoms with Crippen molar-refractivity contribution in [1.82, 2.24) is 0 Å². The van der Waals surface area contributed by atoms with Gasteiger partial charge in [0.25, 0.3) is 0 Å². The summed E-state index contributed by atoms with van der Waals surface area (Å²) in [6.07, 6.45) is 7.33. The molecule has 0 aliphatic heterocycles. The smallest absolute Gasteiger partial charge is 0.242 e. The first kappa shape index (κ1) is 12.6. The molecule has 1 aromatic carbocycles. The molecule has 1 aromatic rings. The SMILES string of the molecule is C#CCC(N)C(=O)Nc1ccc(SC)cc1. The third-order valence-electron chi connectivity index (χ3n) is 2.03. The molecular formula is C12H14N2OS. The zero-order chi connectivity index (χ0) is 12.0. The quantitative estimate of drug-likeness (QED) is 0.616. The Morgan fingerprint density at radius 2 is 2.19 bits per heavy atom. The van der Waals surface area contributed by atoms with Crippen molar-refractivity contribution >= 4 is 23.4 Å². The Morgan fingerprint density at radius 3 is 2.69 bits per heavy atom. The molecule has 0 heterocycles. The molecule has 0 spiro atoms. The second-order valence-electron chi connectivity index (χ2n) is 3.23. The molecular weight excluding hydrogens is 220 g/mol. The Kier molecular flexibility index (Phi) is 4.90. The standard InChI is InChI=1S/C12H14N2OS/c1-3-4-11(13)12(15)14-9-5-7-10(16-2)8-6-9/h1,5-8,11H,4,13H2,2H3,(H,14,15). The minimum atomic E-state index is -0.648. The molecule has 0 fully saturated rings. The number of hydrogen-bond donors (Lipinski definition) is 2. The Balaban J connectivity index is 2.59. The zero-order valence-electron chi connectivity index (χ0n) is 9.07. The summed E-state index contributed by atoms with van der Waals surface area (Å²) in [7, 11) is 0. The van der Waals surface area contributed by atoms with E-state index in [4.69, 9.17) is 12.2 Å². The van der Waals surface area contributed by atoms with Gasteiger partial charge in [-0.05, 0) is 30.5 Å². The van der Waals surface area contributed by atoms with Gasteiger partial charge < -0.3 is 11.1 Å². The maximum atomic E-state index is 11.5. The number of amides is 1. The first-order chi connectivity index (χ1) is 7.67. The van der Waals surface area contributed by atoms with Crippen LogP contribution in [0.3, 0.4) is 0 Å². The van der Waals surface area contributed by atoms with E-state index < -0.39 is 6.04 Å². The van der Waals surface area contributed by atoms with E-state index in [-0.39, 0.29) is 12.3 Å². The van der Waals surface area contributed by atoms with E-state index in [1.807, 2.05) is 30.5 Å². The molecule has 0 aliphatic rings. The number of nitrogens with one attached hydrogen (secondary N) is 1. The number of hydrogen-bond acceptors (Lipinski definition) is 3. The number of nitrogens with two attached hydrogens (primary N) is 1. The molecule has 1 unspecified atom stereocenters. The summed E-state index contributed by atoms with van der Waals surface area (Å²) < 4.78 is 0. The van der Waals surface area contributed by atoms with Gasteiger partial charge in [0.05, 0.1) is 6.04 Å². The van der Waals surface area contributed by atoms with Crippen molar-refractivity contribution in [3.05, 3.63) is 24.3 Å². The Labute approximate surface area is 99.8 Å². The lowest BCUT2D eigenvalue weighted by atomic mass is 10.2. The molecule has 16 heavy (non-hydrogen) atoms. The molecule has 0 bridgehead atoms. The van der Waals surface area contributed by atoms with Crippen LogP contribution in [0.2, 0.25) is 0 Å². The number of carbonyl (C=O) groups excluding carboxylic acids is 1. The van der Waals surface area contributed by atoms with Crippen LogP contribution in [-0.4, -0.2) is 18.2 Å². The van der Waals surface area contributed by atoms with Crippen LogP contribution >= 0.6 is 11.8 Å². The fourth-order valence-corrected chi connectivity index (χ4v) is 1.54. The molecule has 0 saturated carbocycles. The minimum absolute atomic E-state index is 0.245. The van der Waals surface area contributed by atoms with E-state index in [9.17, 15) is 4.79 Å². The highest BCUT2D eigenvalue weighted by atomic mass is 32.2. The number of terminal acetylenes is 1. The summed E-state index contributed by atoms with van der Waals surface area (Å²) >= 11 is 1.65. The van der Waals surface area contributed by atoms with Crippen LogP contribution in [0.15, 0.2) is 29.2 Å². The molecule has 0 aliphatic carbocycles. The Morgan fingerprint density at radius 1 is 1.56 bits per heavy atom. The van der Waals surface area contributed by atoms with Gasteiger partial charge in [-0.1, -0.05) is 0 Å². The maximum Gasteiger partial charge on any atom is 0.242 e. The average Bonchev–Trinajstić information content (AvgIpc) is 2.30. The van der Waals surface area contributed by atoms with E-state index in [1.165, 1.54) is 0 Å². The van der Waals surface area contributed by atoms with Gasteiger partial charge in [-0.15, -0.1) is 24.1 Å². The van der Waals surface area contributed by atoms with Gasteiger partial charge in [0.2, 0.25) is 5.91 Å². The lowest BCUT2D eigenvalue weighted by molar-refractivity contribution is -0.117. The monoisotopic (exact) mass is 234 g/mol. The van der Waals surface area contributed by atoms with Crippen molar-refractivity contribution in [2.24, 2.45) is 5.73 Å². The van der Waals surface area contributed by atoms with E-state index in [0.29, 0.717) is 0 Å². The van der Waals surface area contributed by atoms with Crippen molar-refractivity contribution < 1.29 is 4.79 Å². The van der Waals surface area contributed by atoms with E-state index in [0.717, 1.165) is 10.6 Å². The first-order valence-electron chi connectivity index (χ1n) is 4.81. The molecule has 0 saturated heterocycles. The number of benzene rings is 1. The van der Waals surface area contributed by atoms with Crippen LogP contribution in [0.25, 0.3) is 0 Å². The second-order valence-corrected chi connectivity index (χ2v) is 4.11. The van der Waals surface area contributed by atoms with Gasteiger partial charge in [-0.25, -0.2) is 0 Å². The third-order valence-corrected chi connectivity index (χ3v) is 2.78. The third kappa shape index (κ3) is 3.61. The lowest BCUT2D eigenvalue weighted by Gasteiger charge is -2.09. The summed E-state index contributed by atoms with van der Waals surface area (Å²) in [5, 5.41) is 2.71. The minimum Gasteiger partial charge on any atom is -0.325 e. The van der Waals surface area contributed by atoms with Gasteiger partial charge in [-0.3, -0.25) is 4.79 Å². The van der Waals surface area contributed by atoms with Crippen molar-refractivity contribution in [3.63, 3.8) is 0 Å². The summed E-state index contributed by atoms with van der Waals surface area (Å²) in [5.74, 6) is 2.11. The number of thioether (sulfide) groups is 1. The van der Waals surface area contributed by atoms with Gasteiger partial charge in [-0.2, -0.15) is 0 Å². The molecule has 1 amide bonds. The van der Waals surface area contributed by atoms with Crippen LogP contribution < -0.4 is 11.1 Å². The van der Waals surface area contributed by atoms with Crippen molar-refractivity contribution in [3.8, 4) is 12.3 Å². The fourth-order valence-electron chi connectivity index (χ4n) is 1.13. The zero-order valence-corrected chi connectivity index (χ0v) is 9.88. The van der Waals surface area contributed by atoms with Crippen LogP contribution in [0.4, 0.5) is 5.69 Å². The van der Waals surface area contributed by atoms with E-state index in [2.05, 4.69) is 11.2 Å². The molecule has 3 N–H and O–H groups in total. The molecule has 3 nitrogen and oxygen atoms in total. The van der Waals surface area contributed by atoms with Gasteiger partial charge in [0.15, 0.2) is 0 Å². The number of rotatable bonds is 4. The van der Waals surface area contributed by atoms with Gasteiger partial charge >= 0.3 is 0 Å². The molecule has 84 valence electrons. The summed E-state index contributed by atoms with van der Waals surface area (Å²) in [6.45, 7) is 0. The summed E-state index contributed by atoms with van der Waals surface area (Å²) in [4.78, 5) is 12.7. The van der Waals surface area contributed by atoms with Crippen LogP contribution in [0.1, 0.15) is 6.42 Å². The summed E-state index contributed by atoms with van der Waals surface area (Å²) in [5.41, 5.74) is 6.30. The molecule has 0 radical (unpaired) electrons. The number of anilines is 1. The first-order valence-corrected chi connectivity index (χ1v) is 6.04. The van der Waals surface area contributed by atoms with Gasteiger partial charge in [0, 0.05) is 17.0 Å². The normalized spacial score (nSPS) is 11.6. The van der Waals surface area contributed by atoms with E-state index >= 15 is 0 Å². The van der Waals surface area contributed by atoms with Gasteiger partial charge in [0.1, 0.15) is 0 Å². The topological polar surface area (TPSA) is 55.1 Å². The average molecular weight is 234 g/mol. The highest BCUT2D eigenvalue weighted by molar-refractivity contribution is 7.98. The molecule has 1 rings (SSSR count). The maximum absolute atomic E-state index is 11.5. The second kappa shape index (κ2) is 6.21. The van der Waals surface area contributed by atoms with Crippen molar-refractivity contribution in [2.45, 2.75) is 17.4 Å². The van der Waals surface area contributed by atoms with E-state index in [1.54, 1.807) is 11.8 Å². The van der Waals surface area contributed by atoms with Crippen LogP contribution in [-0.2, 0) is 4.79 Å². The Bertz CT molecular complexity index is 394. The van der Waals surface area contributed by atoms with Crippen molar-refractivity contribution in [1.29, 1.82) is 0 Å². The largest absolute Gasteiger partial charge is 0.325 e. The number of carbonyl (C=O) groups is 1. The highest BCUT2D eigenvalue weighted by Gasteiger charge is 2.11. The Hall–Kier alpha value is -1.44. The molecule has 4 heteroatoms. The fraction of sp³-hybridized carbons (Fsp3) is 0.250. The highest BCUT2D eigenvalue weighted by Crippen LogP contribution is 2.17. The summed E-state index contributed by atoms with van der Waals surface area (Å²) in [6, 6.07) is 6.91. The predicted octanol–water partition coefficient (Wildman–Crippen LogP) is 1.70. The molecule has 1 atom stereocenters. The molecule has 0 aromatic heterocycles. The lowest BCUT2D eigenvalue weighted by Crippen LogP contribution is -2.35. The predicted molar refractivity (Wildman–Crippen MR) is 68.3 cm³/mol. The van der Waals surface area contributed by atoms with Crippen LogP contribution in [0, 0.1) is 12.3 Å². The van der Waals surface area contributed by atoms with Crippen LogP contribution in [0.5, 0.6) is 0 Å².